The van der Waals surface area contributed by atoms with Crippen LogP contribution in [0.25, 0.3) is 0 Å². The quantitative estimate of drug-likeness (QED) is 0.516. The molecule has 0 aliphatic rings. The third-order valence-electron chi connectivity index (χ3n) is 3.17. The third kappa shape index (κ3) is 4.03. The Hall–Kier alpha value is -2.15. The molecule has 1 N–H and O–H groups in total. The molecule has 3 rings (SSSR count). The average molecular weight is 379 g/mol. The molecule has 0 saturated carbocycles. The van der Waals surface area contributed by atoms with Crippen molar-refractivity contribution in [3.8, 4) is 5.75 Å². The fourth-order valence-corrected chi connectivity index (χ4v) is 2.57. The maximum absolute atomic E-state index is 6.17. The van der Waals surface area contributed by atoms with Gasteiger partial charge in [0.2, 0.25) is 4.77 Å². The van der Waals surface area contributed by atoms with E-state index in [1.54, 1.807) is 18.3 Å². The molecular weight excluding hydrogens is 367 g/mol. The van der Waals surface area contributed by atoms with Gasteiger partial charge in [-0.25, -0.2) is 0 Å². The number of hydrogen-bond acceptors (Lipinski definition) is 4. The highest BCUT2D eigenvalue weighted by Gasteiger charge is 2.05. The largest absolute Gasteiger partial charge is 0.488 e. The summed E-state index contributed by atoms with van der Waals surface area (Å²) in [5, 5.41) is 11.9. The molecule has 0 radical (unpaired) electrons. The number of rotatable bonds is 5. The first-order chi connectivity index (χ1) is 11.6. The summed E-state index contributed by atoms with van der Waals surface area (Å²) in [7, 11) is 0. The Morgan fingerprint density at radius 2 is 2.08 bits per heavy atom. The summed E-state index contributed by atoms with van der Waals surface area (Å²) in [6, 6.07) is 12.9. The molecule has 2 aromatic carbocycles. The van der Waals surface area contributed by atoms with Crippen molar-refractivity contribution < 1.29 is 4.74 Å². The second-order valence-corrected chi connectivity index (χ2v) is 6.04. The topological polar surface area (TPSA) is 55.2 Å². The number of ether oxygens (including phenoxy) is 1. The van der Waals surface area contributed by atoms with Gasteiger partial charge in [0.05, 0.1) is 6.21 Å². The Balaban J connectivity index is 1.78. The highest BCUT2D eigenvalue weighted by atomic mass is 35.5. The molecule has 1 heterocycles. The van der Waals surface area contributed by atoms with Gasteiger partial charge in [-0.15, -0.1) is 0 Å². The number of para-hydroxylation sites is 1. The monoisotopic (exact) mass is 378 g/mol. The lowest BCUT2D eigenvalue weighted by Crippen LogP contribution is -1.99. The van der Waals surface area contributed by atoms with Crippen LogP contribution in [0.3, 0.4) is 0 Å². The van der Waals surface area contributed by atoms with Gasteiger partial charge in [0.15, 0.2) is 0 Å². The van der Waals surface area contributed by atoms with Crippen molar-refractivity contribution in [3.63, 3.8) is 0 Å². The lowest BCUT2D eigenvalue weighted by molar-refractivity contribution is 0.306. The highest BCUT2D eigenvalue weighted by molar-refractivity contribution is 7.71. The van der Waals surface area contributed by atoms with E-state index in [-0.39, 0.29) is 0 Å². The number of H-pyrrole nitrogens is 1. The minimum absolute atomic E-state index is 0.325. The van der Waals surface area contributed by atoms with Crippen LogP contribution in [-0.4, -0.2) is 21.1 Å². The Bertz CT molecular complexity index is 936. The lowest BCUT2D eigenvalue weighted by Gasteiger charge is -2.10. The van der Waals surface area contributed by atoms with E-state index >= 15 is 0 Å². The molecular formula is C16H12Cl2N4OS. The third-order valence-corrected chi connectivity index (χ3v) is 4.04. The normalized spacial score (nSPS) is 11.1. The first-order valence-corrected chi connectivity index (χ1v) is 8.12. The SMILES string of the molecule is S=c1[nH]ncn1/N=C\c1ccccc1OCc1ccc(Cl)cc1Cl. The first kappa shape index (κ1) is 16.7. The summed E-state index contributed by atoms with van der Waals surface area (Å²) in [5.74, 6) is 0.683. The van der Waals surface area contributed by atoms with Crippen molar-refractivity contribution in [1.82, 2.24) is 14.9 Å². The highest BCUT2D eigenvalue weighted by Crippen LogP contribution is 2.23. The van der Waals surface area contributed by atoms with E-state index < -0.39 is 0 Å². The van der Waals surface area contributed by atoms with Gasteiger partial charge in [0.25, 0.3) is 0 Å². The van der Waals surface area contributed by atoms with Crippen LogP contribution >= 0.6 is 35.4 Å². The van der Waals surface area contributed by atoms with E-state index in [4.69, 9.17) is 40.2 Å². The molecule has 0 aliphatic heterocycles. The van der Waals surface area contributed by atoms with Crippen molar-refractivity contribution in [3.05, 3.63) is 74.7 Å². The fourth-order valence-electron chi connectivity index (χ4n) is 1.96. The standard InChI is InChI=1S/C16H12Cl2N4OS/c17-13-6-5-12(14(18)7-13)9-23-15-4-2-1-3-11(15)8-20-22-10-19-21-16(22)24/h1-8,10H,9H2,(H,21,24)/b20-8-. The maximum atomic E-state index is 6.17. The predicted molar refractivity (Wildman–Crippen MR) is 97.6 cm³/mol. The average Bonchev–Trinajstić information content (AvgIpc) is 2.98. The smallest absolute Gasteiger partial charge is 0.216 e. The van der Waals surface area contributed by atoms with Crippen LogP contribution in [-0.2, 0) is 6.61 Å². The summed E-state index contributed by atoms with van der Waals surface area (Å²) in [5.41, 5.74) is 1.66. The minimum Gasteiger partial charge on any atom is -0.488 e. The van der Waals surface area contributed by atoms with E-state index in [2.05, 4.69) is 15.3 Å². The second-order valence-electron chi connectivity index (χ2n) is 4.81. The molecule has 24 heavy (non-hydrogen) atoms. The summed E-state index contributed by atoms with van der Waals surface area (Å²) in [6.07, 6.45) is 3.15. The number of halogens is 2. The Kier molecular flexibility index (Phi) is 5.30. The molecule has 3 aromatic rings. The molecule has 0 bridgehead atoms. The van der Waals surface area contributed by atoms with Crippen molar-refractivity contribution in [2.24, 2.45) is 5.10 Å². The number of hydrogen-bond donors (Lipinski definition) is 1. The van der Waals surface area contributed by atoms with Crippen LogP contribution in [0.5, 0.6) is 5.75 Å². The number of nitrogens with one attached hydrogen (secondary N) is 1. The Morgan fingerprint density at radius 1 is 1.25 bits per heavy atom. The maximum Gasteiger partial charge on any atom is 0.216 e. The Labute approximate surface area is 153 Å². The van der Waals surface area contributed by atoms with Crippen LogP contribution in [0.15, 0.2) is 53.9 Å². The number of nitrogens with zero attached hydrogens (tertiary/aromatic N) is 3. The second kappa shape index (κ2) is 7.61. The van der Waals surface area contributed by atoms with Crippen molar-refractivity contribution in [2.45, 2.75) is 6.61 Å². The predicted octanol–water partition coefficient (Wildman–Crippen LogP) is 4.71. The van der Waals surface area contributed by atoms with Gasteiger partial charge in [0, 0.05) is 21.2 Å². The van der Waals surface area contributed by atoms with Gasteiger partial charge < -0.3 is 4.74 Å². The summed E-state index contributed by atoms with van der Waals surface area (Å²) >= 11 is 17.1. The van der Waals surface area contributed by atoms with Crippen LogP contribution < -0.4 is 4.74 Å². The van der Waals surface area contributed by atoms with Gasteiger partial charge >= 0.3 is 0 Å². The zero-order valence-corrected chi connectivity index (χ0v) is 14.6. The molecule has 0 saturated heterocycles. The Morgan fingerprint density at radius 3 is 2.83 bits per heavy atom. The molecule has 0 spiro atoms. The van der Waals surface area contributed by atoms with E-state index in [0.717, 1.165) is 11.1 Å². The lowest BCUT2D eigenvalue weighted by atomic mass is 10.2. The van der Waals surface area contributed by atoms with Gasteiger partial charge in [-0.2, -0.15) is 14.9 Å². The molecule has 0 atom stereocenters. The fraction of sp³-hybridized carbons (Fsp3) is 0.0625. The van der Waals surface area contributed by atoms with Crippen molar-refractivity contribution in [1.29, 1.82) is 0 Å². The van der Waals surface area contributed by atoms with Gasteiger partial charge in [-0.05, 0) is 36.5 Å². The minimum atomic E-state index is 0.325. The van der Waals surface area contributed by atoms with Gasteiger partial charge in [0.1, 0.15) is 18.7 Å². The number of aromatic nitrogens is 3. The van der Waals surface area contributed by atoms with Crippen molar-refractivity contribution in [2.75, 3.05) is 0 Å². The molecule has 0 aliphatic carbocycles. The van der Waals surface area contributed by atoms with E-state index in [1.807, 2.05) is 30.3 Å². The number of aromatic amines is 1. The van der Waals surface area contributed by atoms with E-state index in [9.17, 15) is 0 Å². The van der Waals surface area contributed by atoms with Crippen molar-refractivity contribution >= 4 is 41.6 Å². The molecule has 0 amide bonds. The molecule has 8 heteroatoms. The molecule has 1 aromatic heterocycles. The van der Waals surface area contributed by atoms with Crippen LogP contribution in [0.2, 0.25) is 10.0 Å². The van der Waals surface area contributed by atoms with E-state index in [1.165, 1.54) is 11.0 Å². The van der Waals surface area contributed by atoms with Crippen LogP contribution in [0.4, 0.5) is 0 Å². The first-order valence-electron chi connectivity index (χ1n) is 6.95. The summed E-state index contributed by atoms with van der Waals surface area (Å²) in [6.45, 7) is 0.325. The summed E-state index contributed by atoms with van der Waals surface area (Å²) < 4.78 is 7.74. The zero-order valence-electron chi connectivity index (χ0n) is 12.3. The molecule has 0 fully saturated rings. The van der Waals surface area contributed by atoms with Crippen LogP contribution in [0, 0.1) is 4.77 Å². The zero-order chi connectivity index (χ0) is 16.9. The van der Waals surface area contributed by atoms with Crippen LogP contribution in [0.1, 0.15) is 11.1 Å². The van der Waals surface area contributed by atoms with E-state index in [0.29, 0.717) is 27.2 Å². The molecule has 0 unspecified atom stereocenters. The number of benzene rings is 2. The molecule has 122 valence electrons. The molecule has 5 nitrogen and oxygen atoms in total. The summed E-state index contributed by atoms with van der Waals surface area (Å²) in [4.78, 5) is 0. The van der Waals surface area contributed by atoms with Gasteiger partial charge in [-0.3, -0.25) is 5.10 Å². The van der Waals surface area contributed by atoms with Gasteiger partial charge in [-0.1, -0.05) is 41.4 Å².